The van der Waals surface area contributed by atoms with Crippen molar-refractivity contribution in [2.75, 3.05) is 18.0 Å². The number of carbonyl (C=O) groups is 1. The molecule has 0 radical (unpaired) electrons. The molecule has 128 valence electrons. The Morgan fingerprint density at radius 2 is 1.79 bits per heavy atom. The lowest BCUT2D eigenvalue weighted by Crippen LogP contribution is -2.34. The van der Waals surface area contributed by atoms with Gasteiger partial charge in [-0.3, -0.25) is 4.79 Å². The fraction of sp³-hybridized carbons (Fsp3) is 0.375. The minimum Gasteiger partial charge on any atom is -0.368 e. The largest absolute Gasteiger partial charge is 0.368 e. The summed E-state index contributed by atoms with van der Waals surface area (Å²) in [6, 6.07) is 10.2. The van der Waals surface area contributed by atoms with Gasteiger partial charge in [-0.2, -0.15) is 15.0 Å². The highest BCUT2D eigenvalue weighted by molar-refractivity contribution is 8.00. The Bertz CT molecular complexity index is 661. The second kappa shape index (κ2) is 8.49. The molecule has 0 bridgehead atoms. The number of benzene rings is 1. The van der Waals surface area contributed by atoms with Crippen LogP contribution in [0.1, 0.15) is 31.7 Å². The van der Waals surface area contributed by atoms with Gasteiger partial charge in [0, 0.05) is 12.5 Å². The molecule has 1 amide bonds. The number of nitrogens with zero attached hydrogens (tertiary/aromatic N) is 3. The smallest absolute Gasteiger partial charge is 0.233 e. The lowest BCUT2D eigenvalue weighted by Gasteiger charge is -2.18. The van der Waals surface area contributed by atoms with Gasteiger partial charge in [0.2, 0.25) is 17.8 Å². The fourth-order valence-corrected chi connectivity index (χ4v) is 3.04. The van der Waals surface area contributed by atoms with Crippen molar-refractivity contribution in [2.24, 2.45) is 0 Å². The molecule has 2 aromatic rings. The Morgan fingerprint density at radius 1 is 1.17 bits per heavy atom. The maximum Gasteiger partial charge on any atom is 0.233 e. The van der Waals surface area contributed by atoms with Gasteiger partial charge in [0.15, 0.2) is 5.16 Å². The maximum absolute atomic E-state index is 12.3. The molecule has 0 saturated carbocycles. The highest BCUT2D eigenvalue weighted by Crippen LogP contribution is 2.21. The summed E-state index contributed by atoms with van der Waals surface area (Å²) in [5.74, 6) is 0.309. The number of rotatable bonds is 7. The van der Waals surface area contributed by atoms with E-state index < -0.39 is 0 Å². The molecule has 24 heavy (non-hydrogen) atoms. The molecule has 1 aromatic carbocycles. The van der Waals surface area contributed by atoms with Crippen LogP contribution in [-0.4, -0.2) is 32.7 Å². The van der Waals surface area contributed by atoms with Crippen LogP contribution >= 0.6 is 11.8 Å². The summed E-state index contributed by atoms with van der Waals surface area (Å²) >= 11 is 1.20. The zero-order valence-electron chi connectivity index (χ0n) is 13.8. The molecular formula is C16H22N6OS. The summed E-state index contributed by atoms with van der Waals surface area (Å²) in [6.45, 7) is 4.49. The molecule has 0 spiro atoms. The summed E-state index contributed by atoms with van der Waals surface area (Å²) in [5.41, 5.74) is 12.3. The van der Waals surface area contributed by atoms with Crippen LogP contribution < -0.4 is 16.8 Å². The molecule has 0 aliphatic carbocycles. The van der Waals surface area contributed by atoms with Crippen LogP contribution in [0.15, 0.2) is 35.5 Å². The predicted octanol–water partition coefficient (Wildman–Crippen LogP) is 1.83. The van der Waals surface area contributed by atoms with Crippen molar-refractivity contribution in [1.29, 1.82) is 0 Å². The molecule has 2 rings (SSSR count). The van der Waals surface area contributed by atoms with Crippen LogP contribution in [-0.2, 0) is 4.79 Å². The van der Waals surface area contributed by atoms with E-state index in [9.17, 15) is 4.79 Å². The molecular weight excluding hydrogens is 324 g/mol. The van der Waals surface area contributed by atoms with Gasteiger partial charge in [0.05, 0.1) is 5.25 Å². The zero-order valence-corrected chi connectivity index (χ0v) is 14.6. The van der Waals surface area contributed by atoms with E-state index in [0.717, 1.165) is 6.42 Å². The molecule has 0 aliphatic rings. The first-order chi connectivity index (χ1) is 11.5. The number of aromatic nitrogens is 3. The second-order valence-corrected chi connectivity index (χ2v) is 6.66. The normalized spacial score (nSPS) is 13.2. The Labute approximate surface area is 145 Å². The van der Waals surface area contributed by atoms with E-state index in [1.807, 2.05) is 18.2 Å². The Kier molecular flexibility index (Phi) is 6.36. The van der Waals surface area contributed by atoms with E-state index in [1.54, 1.807) is 6.92 Å². The van der Waals surface area contributed by atoms with Gasteiger partial charge >= 0.3 is 0 Å². The van der Waals surface area contributed by atoms with E-state index in [2.05, 4.69) is 39.3 Å². The molecule has 1 aromatic heterocycles. The average molecular weight is 346 g/mol. The third-order valence-electron chi connectivity index (χ3n) is 3.59. The second-order valence-electron chi connectivity index (χ2n) is 5.36. The Morgan fingerprint density at radius 3 is 2.38 bits per heavy atom. The number of hydrogen-bond acceptors (Lipinski definition) is 7. The quantitative estimate of drug-likeness (QED) is 0.654. The first-order valence-electron chi connectivity index (χ1n) is 7.76. The van der Waals surface area contributed by atoms with Crippen molar-refractivity contribution in [3.05, 3.63) is 35.9 Å². The number of thioether (sulfide) groups is 1. The molecule has 0 saturated heterocycles. The molecule has 0 aliphatic heterocycles. The topological polar surface area (TPSA) is 120 Å². The molecule has 7 nitrogen and oxygen atoms in total. The van der Waals surface area contributed by atoms with Crippen LogP contribution in [0.4, 0.5) is 11.9 Å². The first kappa shape index (κ1) is 18.0. The van der Waals surface area contributed by atoms with Crippen LogP contribution in [0.3, 0.4) is 0 Å². The highest BCUT2D eigenvalue weighted by atomic mass is 32.2. The van der Waals surface area contributed by atoms with Crippen molar-refractivity contribution < 1.29 is 4.79 Å². The Balaban J connectivity index is 1.91. The molecule has 8 heteroatoms. The molecule has 2 atom stereocenters. The van der Waals surface area contributed by atoms with Crippen LogP contribution in [0.5, 0.6) is 0 Å². The third kappa shape index (κ3) is 5.09. The molecule has 0 unspecified atom stereocenters. The van der Waals surface area contributed by atoms with E-state index in [-0.39, 0.29) is 29.0 Å². The highest BCUT2D eigenvalue weighted by Gasteiger charge is 2.18. The van der Waals surface area contributed by atoms with Crippen molar-refractivity contribution in [3.8, 4) is 0 Å². The number of nitrogen functional groups attached to an aromatic ring is 2. The number of carbonyl (C=O) groups excluding carboxylic acids is 1. The van der Waals surface area contributed by atoms with E-state index in [0.29, 0.717) is 11.7 Å². The van der Waals surface area contributed by atoms with Crippen molar-refractivity contribution in [1.82, 2.24) is 20.3 Å². The van der Waals surface area contributed by atoms with Crippen LogP contribution in [0.2, 0.25) is 0 Å². The van der Waals surface area contributed by atoms with Crippen molar-refractivity contribution in [3.63, 3.8) is 0 Å². The maximum atomic E-state index is 12.3. The monoisotopic (exact) mass is 346 g/mol. The van der Waals surface area contributed by atoms with Gasteiger partial charge in [0.1, 0.15) is 0 Å². The number of nitrogens with one attached hydrogen (secondary N) is 1. The molecule has 5 N–H and O–H groups in total. The van der Waals surface area contributed by atoms with E-state index in [1.165, 1.54) is 17.3 Å². The minimum atomic E-state index is -0.362. The van der Waals surface area contributed by atoms with Crippen LogP contribution in [0, 0.1) is 0 Å². The van der Waals surface area contributed by atoms with Gasteiger partial charge in [-0.15, -0.1) is 0 Å². The molecule has 1 heterocycles. The summed E-state index contributed by atoms with van der Waals surface area (Å²) in [7, 11) is 0. The van der Waals surface area contributed by atoms with E-state index >= 15 is 0 Å². The third-order valence-corrected chi connectivity index (χ3v) is 4.55. The van der Waals surface area contributed by atoms with Gasteiger partial charge in [-0.05, 0) is 18.9 Å². The summed E-state index contributed by atoms with van der Waals surface area (Å²) in [5, 5.41) is 2.97. The number of amides is 1. The number of nitrogens with two attached hydrogens (primary N) is 2. The van der Waals surface area contributed by atoms with Gasteiger partial charge in [0.25, 0.3) is 0 Å². The average Bonchev–Trinajstić information content (AvgIpc) is 2.55. The zero-order chi connectivity index (χ0) is 17.5. The summed E-state index contributed by atoms with van der Waals surface area (Å²) < 4.78 is 0. The number of anilines is 2. The van der Waals surface area contributed by atoms with Crippen LogP contribution in [0.25, 0.3) is 0 Å². The fourth-order valence-electron chi connectivity index (χ4n) is 2.24. The molecule has 0 fully saturated rings. The first-order valence-corrected chi connectivity index (χ1v) is 8.64. The Hall–Kier alpha value is -2.35. The van der Waals surface area contributed by atoms with Gasteiger partial charge in [-0.1, -0.05) is 49.0 Å². The van der Waals surface area contributed by atoms with Crippen molar-refractivity contribution >= 4 is 29.6 Å². The number of hydrogen-bond donors (Lipinski definition) is 3. The van der Waals surface area contributed by atoms with E-state index in [4.69, 9.17) is 11.5 Å². The predicted molar refractivity (Wildman–Crippen MR) is 96.5 cm³/mol. The van der Waals surface area contributed by atoms with Gasteiger partial charge in [-0.25, -0.2) is 0 Å². The SMILES string of the molecule is CC[C@H](CNC(=O)[C@H](C)Sc1nc(N)nc(N)n1)c1ccccc1. The van der Waals surface area contributed by atoms with Crippen molar-refractivity contribution in [2.45, 2.75) is 36.6 Å². The standard InChI is InChI=1S/C16H22N6OS/c1-3-11(12-7-5-4-6-8-12)9-19-13(23)10(2)24-16-21-14(17)20-15(18)22-16/h4-8,10-11H,3,9H2,1-2H3,(H,19,23)(H4,17,18,20,21,22)/t10-,11+/m0/s1. The lowest BCUT2D eigenvalue weighted by molar-refractivity contribution is -0.120. The minimum absolute atomic E-state index is 0.0488. The van der Waals surface area contributed by atoms with Gasteiger partial charge < -0.3 is 16.8 Å². The summed E-state index contributed by atoms with van der Waals surface area (Å²) in [6.07, 6.45) is 0.951. The summed E-state index contributed by atoms with van der Waals surface area (Å²) in [4.78, 5) is 24.0. The lowest BCUT2D eigenvalue weighted by atomic mass is 9.96.